The van der Waals surface area contributed by atoms with E-state index in [9.17, 15) is 0 Å². The smallest absolute Gasteiger partial charge is 0.0815 e. The largest absolute Gasteiger partial charge is 0.252 e. The number of aromatic nitrogens is 1. The molecule has 2 heteroatoms. The third-order valence-electron chi connectivity index (χ3n) is 1.64. The molecule has 0 fully saturated rings. The van der Waals surface area contributed by atoms with Crippen LogP contribution in [0.5, 0.6) is 0 Å². The predicted molar refractivity (Wildman–Crippen MR) is 60.4 cm³/mol. The highest BCUT2D eigenvalue weighted by Crippen LogP contribution is 2.22. The number of rotatable bonds is 0. The van der Waals surface area contributed by atoms with E-state index in [2.05, 4.69) is 30.1 Å². The van der Waals surface area contributed by atoms with Gasteiger partial charge < -0.3 is 0 Å². The molecule has 2 rings (SSSR count). The standard InChI is InChI=1S/C9H9NS.C2H6/c1-6-3-4-9-8(10-6)5-7(2)11-9;1-2/h3-5H,1-2H3;1-2H3. The zero-order valence-electron chi connectivity index (χ0n) is 8.59. The molecular weight excluding hydrogens is 178 g/mol. The molecule has 0 aromatic carbocycles. The molecule has 2 heterocycles. The van der Waals surface area contributed by atoms with E-state index in [-0.39, 0.29) is 0 Å². The highest BCUT2D eigenvalue weighted by Gasteiger charge is 1.97. The second kappa shape index (κ2) is 4.38. The molecule has 0 N–H and O–H groups in total. The maximum Gasteiger partial charge on any atom is 0.0815 e. The van der Waals surface area contributed by atoms with Gasteiger partial charge in [0.1, 0.15) is 0 Å². The molecule has 2 aromatic heterocycles. The molecule has 0 atom stereocenters. The summed E-state index contributed by atoms with van der Waals surface area (Å²) in [6.07, 6.45) is 0. The summed E-state index contributed by atoms with van der Waals surface area (Å²) in [6, 6.07) is 6.32. The summed E-state index contributed by atoms with van der Waals surface area (Å²) < 4.78 is 1.29. The number of nitrogens with zero attached hydrogens (tertiary/aromatic N) is 1. The van der Waals surface area contributed by atoms with Crippen molar-refractivity contribution in [2.45, 2.75) is 27.7 Å². The number of aryl methyl sites for hydroxylation is 2. The Balaban J connectivity index is 0.000000396. The molecule has 0 saturated carbocycles. The minimum atomic E-state index is 1.09. The number of pyridine rings is 1. The first kappa shape index (κ1) is 10.2. The highest BCUT2D eigenvalue weighted by molar-refractivity contribution is 7.18. The van der Waals surface area contributed by atoms with Gasteiger partial charge in [-0.25, -0.2) is 0 Å². The molecule has 0 unspecified atom stereocenters. The molecule has 0 aliphatic heterocycles. The Morgan fingerprint density at radius 3 is 2.54 bits per heavy atom. The van der Waals surface area contributed by atoms with Crippen LogP contribution in [0.25, 0.3) is 10.2 Å². The van der Waals surface area contributed by atoms with E-state index in [1.807, 2.05) is 20.8 Å². The maximum absolute atomic E-state index is 4.41. The molecule has 0 aliphatic rings. The van der Waals surface area contributed by atoms with Crippen molar-refractivity contribution < 1.29 is 0 Å². The third kappa shape index (κ3) is 2.28. The van der Waals surface area contributed by atoms with E-state index in [0.717, 1.165) is 11.2 Å². The van der Waals surface area contributed by atoms with Crippen molar-refractivity contribution in [1.82, 2.24) is 4.98 Å². The van der Waals surface area contributed by atoms with Crippen molar-refractivity contribution in [3.63, 3.8) is 0 Å². The SMILES string of the molecule is CC.Cc1ccc2sc(C)cc2n1. The first-order valence-corrected chi connectivity index (χ1v) is 5.41. The van der Waals surface area contributed by atoms with E-state index < -0.39 is 0 Å². The monoisotopic (exact) mass is 193 g/mol. The summed E-state index contributed by atoms with van der Waals surface area (Å²) in [7, 11) is 0. The van der Waals surface area contributed by atoms with E-state index >= 15 is 0 Å². The Morgan fingerprint density at radius 2 is 1.85 bits per heavy atom. The van der Waals surface area contributed by atoms with Crippen LogP contribution in [0.2, 0.25) is 0 Å². The molecule has 13 heavy (non-hydrogen) atoms. The minimum absolute atomic E-state index is 1.09. The second-order valence-corrected chi connectivity index (χ2v) is 3.98. The molecule has 0 spiro atoms. The van der Waals surface area contributed by atoms with E-state index in [1.165, 1.54) is 9.58 Å². The Morgan fingerprint density at radius 1 is 1.15 bits per heavy atom. The Bertz CT molecular complexity index is 390. The number of thiophene rings is 1. The summed E-state index contributed by atoms with van der Waals surface area (Å²) in [5, 5.41) is 0. The third-order valence-corrected chi connectivity index (χ3v) is 2.64. The predicted octanol–water partition coefficient (Wildman–Crippen LogP) is 3.94. The fourth-order valence-electron chi connectivity index (χ4n) is 1.15. The maximum atomic E-state index is 4.41. The number of hydrogen-bond donors (Lipinski definition) is 0. The van der Waals surface area contributed by atoms with Gasteiger partial charge in [0.25, 0.3) is 0 Å². The quantitative estimate of drug-likeness (QED) is 0.617. The lowest BCUT2D eigenvalue weighted by Gasteiger charge is -1.89. The van der Waals surface area contributed by atoms with Crippen molar-refractivity contribution in [3.8, 4) is 0 Å². The summed E-state index contributed by atoms with van der Waals surface area (Å²) in [6.45, 7) is 8.13. The Labute approximate surface area is 83.4 Å². The normalized spacial score (nSPS) is 9.54. The van der Waals surface area contributed by atoms with Crippen molar-refractivity contribution in [3.05, 3.63) is 28.8 Å². The molecule has 0 amide bonds. The number of fused-ring (bicyclic) bond motifs is 1. The van der Waals surface area contributed by atoms with Crippen LogP contribution >= 0.6 is 11.3 Å². The van der Waals surface area contributed by atoms with Gasteiger partial charge in [-0.2, -0.15) is 0 Å². The molecule has 0 aliphatic carbocycles. The highest BCUT2D eigenvalue weighted by atomic mass is 32.1. The van der Waals surface area contributed by atoms with Crippen LogP contribution in [0, 0.1) is 13.8 Å². The number of hydrogen-bond acceptors (Lipinski definition) is 2. The van der Waals surface area contributed by atoms with Crippen molar-refractivity contribution in [1.29, 1.82) is 0 Å². The molecular formula is C11H15NS. The van der Waals surface area contributed by atoms with Crippen LogP contribution in [0.1, 0.15) is 24.4 Å². The first-order valence-electron chi connectivity index (χ1n) is 4.59. The fraction of sp³-hybridized carbons (Fsp3) is 0.364. The van der Waals surface area contributed by atoms with Crippen molar-refractivity contribution in [2.75, 3.05) is 0 Å². The van der Waals surface area contributed by atoms with Gasteiger partial charge in [0, 0.05) is 10.6 Å². The van der Waals surface area contributed by atoms with E-state index in [0.29, 0.717) is 0 Å². The van der Waals surface area contributed by atoms with Gasteiger partial charge in [-0.1, -0.05) is 13.8 Å². The van der Waals surface area contributed by atoms with Gasteiger partial charge in [-0.05, 0) is 32.0 Å². The zero-order chi connectivity index (χ0) is 9.84. The Kier molecular flexibility index (Phi) is 3.43. The first-order chi connectivity index (χ1) is 6.25. The van der Waals surface area contributed by atoms with Gasteiger partial charge in [-0.15, -0.1) is 11.3 Å². The van der Waals surface area contributed by atoms with Crippen molar-refractivity contribution >= 4 is 21.6 Å². The second-order valence-electron chi connectivity index (χ2n) is 2.69. The van der Waals surface area contributed by atoms with Crippen LogP contribution in [0.4, 0.5) is 0 Å². The molecule has 0 radical (unpaired) electrons. The van der Waals surface area contributed by atoms with Crippen LogP contribution in [-0.2, 0) is 0 Å². The van der Waals surface area contributed by atoms with Gasteiger partial charge >= 0.3 is 0 Å². The lowest BCUT2D eigenvalue weighted by atomic mass is 10.3. The molecule has 0 saturated heterocycles. The summed E-state index contributed by atoms with van der Waals surface area (Å²) in [5.74, 6) is 0. The van der Waals surface area contributed by atoms with Crippen LogP contribution in [0.3, 0.4) is 0 Å². The van der Waals surface area contributed by atoms with Crippen LogP contribution < -0.4 is 0 Å². The summed E-state index contributed by atoms with van der Waals surface area (Å²) in [4.78, 5) is 5.74. The lowest BCUT2D eigenvalue weighted by Crippen LogP contribution is -1.76. The summed E-state index contributed by atoms with van der Waals surface area (Å²) >= 11 is 1.80. The van der Waals surface area contributed by atoms with Crippen molar-refractivity contribution in [2.24, 2.45) is 0 Å². The topological polar surface area (TPSA) is 12.9 Å². The molecule has 1 nitrogen and oxygen atoms in total. The Hall–Kier alpha value is -0.890. The van der Waals surface area contributed by atoms with Gasteiger partial charge in [0.2, 0.25) is 0 Å². The van der Waals surface area contributed by atoms with Gasteiger partial charge in [-0.3, -0.25) is 4.98 Å². The lowest BCUT2D eigenvalue weighted by molar-refractivity contribution is 1.26. The molecule has 0 bridgehead atoms. The summed E-state index contributed by atoms with van der Waals surface area (Å²) in [5.41, 5.74) is 2.22. The van der Waals surface area contributed by atoms with Crippen LogP contribution in [0.15, 0.2) is 18.2 Å². The average Bonchev–Trinajstić information content (AvgIpc) is 2.48. The fourth-order valence-corrected chi connectivity index (χ4v) is 2.01. The van der Waals surface area contributed by atoms with Gasteiger partial charge in [0.05, 0.1) is 10.2 Å². The van der Waals surface area contributed by atoms with Crippen LogP contribution in [-0.4, -0.2) is 4.98 Å². The molecule has 2 aromatic rings. The minimum Gasteiger partial charge on any atom is -0.252 e. The van der Waals surface area contributed by atoms with E-state index in [1.54, 1.807) is 11.3 Å². The zero-order valence-corrected chi connectivity index (χ0v) is 9.40. The van der Waals surface area contributed by atoms with E-state index in [4.69, 9.17) is 0 Å². The van der Waals surface area contributed by atoms with Gasteiger partial charge in [0.15, 0.2) is 0 Å². The molecule has 70 valence electrons. The average molecular weight is 193 g/mol.